The van der Waals surface area contributed by atoms with Crippen LogP contribution in [0.5, 0.6) is 0 Å². The summed E-state index contributed by atoms with van der Waals surface area (Å²) in [5, 5.41) is 2.59. The summed E-state index contributed by atoms with van der Waals surface area (Å²) in [6.45, 7) is 0.117. The number of benzene rings is 2. The van der Waals surface area contributed by atoms with E-state index >= 15 is 0 Å². The summed E-state index contributed by atoms with van der Waals surface area (Å²) in [5.74, 6) is 3.80. The van der Waals surface area contributed by atoms with E-state index in [0.29, 0.717) is 11.3 Å². The maximum atomic E-state index is 13.5. The molecule has 0 spiro atoms. The number of nitrogens with one attached hydrogen (secondary N) is 1. The molecule has 3 N–H and O–H groups in total. The van der Waals surface area contributed by atoms with Gasteiger partial charge in [0.1, 0.15) is 11.6 Å². The third-order valence-electron chi connectivity index (χ3n) is 2.66. The van der Waals surface area contributed by atoms with Gasteiger partial charge < -0.3 is 11.1 Å². The van der Waals surface area contributed by atoms with Crippen molar-refractivity contribution in [2.24, 2.45) is 5.73 Å². The van der Waals surface area contributed by atoms with Gasteiger partial charge in [-0.2, -0.15) is 0 Å². The fourth-order valence-electron chi connectivity index (χ4n) is 1.65. The van der Waals surface area contributed by atoms with Crippen LogP contribution in [-0.2, 0) is 0 Å². The van der Waals surface area contributed by atoms with Gasteiger partial charge in [0.05, 0.1) is 12.1 Å². The number of carbonyl (C=O) groups is 1. The van der Waals surface area contributed by atoms with Crippen LogP contribution in [0.1, 0.15) is 15.9 Å². The number of hydrogen-bond acceptors (Lipinski definition) is 2. The van der Waals surface area contributed by atoms with E-state index in [1.807, 2.05) is 0 Å². The van der Waals surface area contributed by atoms with Gasteiger partial charge in [0, 0.05) is 11.3 Å². The average Bonchev–Trinajstić information content (AvgIpc) is 2.48. The number of halogens is 2. The minimum Gasteiger partial charge on any atom is -0.322 e. The topological polar surface area (TPSA) is 55.1 Å². The maximum absolute atomic E-state index is 13.5. The normalized spacial score (nSPS) is 9.67. The van der Waals surface area contributed by atoms with E-state index in [1.165, 1.54) is 42.5 Å². The summed E-state index contributed by atoms with van der Waals surface area (Å²) >= 11 is 0. The second-order valence-electron chi connectivity index (χ2n) is 4.16. The minimum absolute atomic E-state index is 0.117. The Morgan fingerprint density at radius 2 is 1.86 bits per heavy atom. The number of nitrogens with two attached hydrogens (primary N) is 1. The molecule has 0 atom stereocenters. The van der Waals surface area contributed by atoms with Crippen molar-refractivity contribution in [1.82, 2.24) is 0 Å². The van der Waals surface area contributed by atoms with Gasteiger partial charge in [-0.25, -0.2) is 8.78 Å². The molecule has 106 valence electrons. The molecular formula is C16H12F2N2O. The van der Waals surface area contributed by atoms with Crippen LogP contribution in [-0.4, -0.2) is 12.5 Å². The molecule has 0 unspecified atom stereocenters. The zero-order chi connectivity index (χ0) is 15.2. The van der Waals surface area contributed by atoms with Gasteiger partial charge in [-0.1, -0.05) is 11.8 Å². The molecule has 1 amide bonds. The lowest BCUT2D eigenvalue weighted by Crippen LogP contribution is -2.12. The predicted molar refractivity (Wildman–Crippen MR) is 76.7 cm³/mol. The molecule has 0 aromatic heterocycles. The van der Waals surface area contributed by atoms with Crippen molar-refractivity contribution in [3.8, 4) is 11.8 Å². The molecule has 0 fully saturated rings. The lowest BCUT2D eigenvalue weighted by atomic mass is 10.1. The number of rotatable bonds is 2. The van der Waals surface area contributed by atoms with Crippen molar-refractivity contribution >= 4 is 11.6 Å². The maximum Gasteiger partial charge on any atom is 0.255 e. The SMILES string of the molecule is NCC#Cc1cc(NC(=O)c2ccc(F)cc2)ccc1F. The van der Waals surface area contributed by atoms with Crippen molar-refractivity contribution in [2.75, 3.05) is 11.9 Å². The zero-order valence-electron chi connectivity index (χ0n) is 11.0. The Balaban J connectivity index is 2.19. The van der Waals surface area contributed by atoms with Crippen molar-refractivity contribution in [3.05, 3.63) is 65.2 Å². The van der Waals surface area contributed by atoms with E-state index in [-0.39, 0.29) is 12.1 Å². The van der Waals surface area contributed by atoms with E-state index < -0.39 is 17.5 Å². The first kappa shape index (κ1) is 14.7. The van der Waals surface area contributed by atoms with Crippen molar-refractivity contribution in [1.29, 1.82) is 0 Å². The summed E-state index contributed by atoms with van der Waals surface area (Å²) in [4.78, 5) is 12.0. The molecule has 21 heavy (non-hydrogen) atoms. The number of hydrogen-bond donors (Lipinski definition) is 2. The molecular weight excluding hydrogens is 274 g/mol. The summed E-state index contributed by atoms with van der Waals surface area (Å²) in [6, 6.07) is 9.16. The lowest BCUT2D eigenvalue weighted by molar-refractivity contribution is 0.102. The Morgan fingerprint density at radius 1 is 1.14 bits per heavy atom. The van der Waals surface area contributed by atoms with E-state index in [4.69, 9.17) is 5.73 Å². The van der Waals surface area contributed by atoms with E-state index in [9.17, 15) is 13.6 Å². The van der Waals surface area contributed by atoms with Crippen LogP contribution in [0.4, 0.5) is 14.5 Å². The fraction of sp³-hybridized carbons (Fsp3) is 0.0625. The first-order chi connectivity index (χ1) is 10.1. The molecule has 2 aromatic carbocycles. The van der Waals surface area contributed by atoms with Crippen molar-refractivity contribution in [2.45, 2.75) is 0 Å². The first-order valence-corrected chi connectivity index (χ1v) is 6.15. The van der Waals surface area contributed by atoms with E-state index in [2.05, 4.69) is 17.2 Å². The third kappa shape index (κ3) is 3.88. The van der Waals surface area contributed by atoms with Gasteiger partial charge in [0.2, 0.25) is 0 Å². The molecule has 0 aliphatic carbocycles. The lowest BCUT2D eigenvalue weighted by Gasteiger charge is -2.06. The van der Waals surface area contributed by atoms with Gasteiger partial charge in [-0.15, -0.1) is 0 Å². The molecule has 0 aliphatic rings. The highest BCUT2D eigenvalue weighted by atomic mass is 19.1. The Kier molecular flexibility index (Phi) is 4.64. The second kappa shape index (κ2) is 6.64. The highest BCUT2D eigenvalue weighted by Gasteiger charge is 2.08. The van der Waals surface area contributed by atoms with Gasteiger partial charge in [-0.3, -0.25) is 4.79 Å². The molecule has 0 aliphatic heterocycles. The summed E-state index contributed by atoms with van der Waals surface area (Å²) in [7, 11) is 0. The van der Waals surface area contributed by atoms with Crippen LogP contribution < -0.4 is 11.1 Å². The Bertz CT molecular complexity index is 715. The summed E-state index contributed by atoms with van der Waals surface area (Å²) in [6.07, 6.45) is 0. The second-order valence-corrected chi connectivity index (χ2v) is 4.16. The Labute approximate surface area is 120 Å². The van der Waals surface area contributed by atoms with Crippen LogP contribution >= 0.6 is 0 Å². The first-order valence-electron chi connectivity index (χ1n) is 6.15. The molecule has 3 nitrogen and oxygen atoms in total. The molecule has 2 aromatic rings. The van der Waals surface area contributed by atoms with Gasteiger partial charge in [0.15, 0.2) is 0 Å². The smallest absolute Gasteiger partial charge is 0.255 e. The third-order valence-corrected chi connectivity index (χ3v) is 2.66. The van der Waals surface area contributed by atoms with Crippen LogP contribution in [0.2, 0.25) is 0 Å². The van der Waals surface area contributed by atoms with E-state index in [1.54, 1.807) is 0 Å². The van der Waals surface area contributed by atoms with Gasteiger partial charge >= 0.3 is 0 Å². The van der Waals surface area contributed by atoms with Crippen LogP contribution in [0.3, 0.4) is 0 Å². The number of anilines is 1. The van der Waals surface area contributed by atoms with Crippen LogP contribution in [0.15, 0.2) is 42.5 Å². The molecule has 0 heterocycles. The monoisotopic (exact) mass is 286 g/mol. The average molecular weight is 286 g/mol. The summed E-state index contributed by atoms with van der Waals surface area (Å²) in [5.41, 5.74) is 6.08. The summed E-state index contributed by atoms with van der Waals surface area (Å²) < 4.78 is 26.3. The Morgan fingerprint density at radius 3 is 2.52 bits per heavy atom. The van der Waals surface area contributed by atoms with E-state index in [0.717, 1.165) is 0 Å². The molecule has 2 rings (SSSR count). The highest BCUT2D eigenvalue weighted by Crippen LogP contribution is 2.15. The molecule has 0 saturated carbocycles. The minimum atomic E-state index is -0.490. The van der Waals surface area contributed by atoms with Crippen LogP contribution in [0, 0.1) is 23.5 Å². The molecule has 5 heteroatoms. The number of carbonyl (C=O) groups excluding carboxylic acids is 1. The zero-order valence-corrected chi connectivity index (χ0v) is 11.0. The largest absolute Gasteiger partial charge is 0.322 e. The molecule has 0 radical (unpaired) electrons. The van der Waals surface area contributed by atoms with Crippen LogP contribution in [0.25, 0.3) is 0 Å². The standard InChI is InChI=1S/C16H12F2N2O/c17-13-5-3-11(4-6-13)16(21)20-14-7-8-15(18)12(10-14)2-1-9-19/h3-8,10H,9,19H2,(H,20,21). The Hall–Kier alpha value is -2.71. The van der Waals surface area contributed by atoms with Crippen molar-refractivity contribution in [3.63, 3.8) is 0 Å². The highest BCUT2D eigenvalue weighted by molar-refractivity contribution is 6.04. The molecule has 0 bridgehead atoms. The quantitative estimate of drug-likeness (QED) is 0.834. The van der Waals surface area contributed by atoms with Gasteiger partial charge in [-0.05, 0) is 42.5 Å². The predicted octanol–water partition coefficient (Wildman–Crippen LogP) is 2.53. The number of amides is 1. The van der Waals surface area contributed by atoms with Crippen molar-refractivity contribution < 1.29 is 13.6 Å². The fourth-order valence-corrected chi connectivity index (χ4v) is 1.65. The molecule has 0 saturated heterocycles. The van der Waals surface area contributed by atoms with Gasteiger partial charge in [0.25, 0.3) is 5.91 Å².